The average molecular weight is 1240 g/mol. The van der Waals surface area contributed by atoms with Gasteiger partial charge in [0.1, 0.15) is 36.3 Å². The summed E-state index contributed by atoms with van der Waals surface area (Å²) in [6.45, 7) is -0.955. The van der Waals surface area contributed by atoms with E-state index >= 15 is 0 Å². The Kier molecular flexibility index (Phi) is 35.8. The summed E-state index contributed by atoms with van der Waals surface area (Å²) in [5, 5.41) is 45.7. The molecule has 0 aliphatic heterocycles. The lowest BCUT2D eigenvalue weighted by molar-refractivity contribution is -0.134. The molecule has 3 aromatic rings. The van der Waals surface area contributed by atoms with Crippen molar-refractivity contribution in [3.63, 3.8) is 0 Å². The van der Waals surface area contributed by atoms with E-state index in [9.17, 15) is 67.7 Å². The monoisotopic (exact) mass is 1240 g/mol. The number of carbonyl (C=O) groups excluding carboxylic acids is 12. The molecule has 3 heterocycles. The molecule has 3 rings (SSSR count). The molecule has 0 aliphatic carbocycles. The van der Waals surface area contributed by atoms with E-state index in [1.807, 2.05) is 0 Å². The number of aromatic amines is 3. The van der Waals surface area contributed by atoms with Crippen LogP contribution in [0.5, 0.6) is 0 Å². The van der Waals surface area contributed by atoms with Crippen LogP contribution in [0.1, 0.15) is 140 Å². The van der Waals surface area contributed by atoms with Crippen LogP contribution in [0.15, 0.2) is 37.6 Å². The van der Waals surface area contributed by atoms with E-state index in [1.54, 1.807) is 0 Å². The van der Waals surface area contributed by atoms with E-state index in [2.05, 4.69) is 95.3 Å². The SMILES string of the molecule is CCCCCCCCCCCCCCCC(=O)NCCCC[C@H](NC(=O)CNC(=O)CNC(=O)[C@H](CO)NC(=O)[C@H](CO)NC(C)=O)C(=O)NCC(=O)NCC(=O)N[C@@H](Cc1cnc[nH]1)C(=O)N[C@@H](Cc1cnc[nH]1)C(=O)N[C@@H](Cc1cnc[nH]1)C(N)=O. The van der Waals surface area contributed by atoms with Gasteiger partial charge < -0.3 is 89.4 Å². The number of aliphatic hydroxyl groups is 2. The Labute approximate surface area is 510 Å². The molecule has 18 N–H and O–H groups in total. The van der Waals surface area contributed by atoms with Gasteiger partial charge in [0.05, 0.1) is 58.4 Å². The standard InChI is InChI=1S/C56H90N18O14/c1-3-4-5-6-7-8-9-10-11-12-13-14-15-19-46(78)61-20-17-16-18-40(70-49(81)29-62-48(80)28-65-53(85)44(31-75)74-56(88)45(32-76)69-36(2)77)52(84)64-27-47(79)63-30-50(82)71-42(22-38-25-59-34-67-38)54(86)73-43(23-39-26-60-35-68-39)55(87)72-41(51(57)83)21-37-24-58-33-66-37/h24-26,33-35,40-45,75-76H,3-23,27-32H2,1-2H3,(H2,57,83)(H,58,66)(H,59,67)(H,60,68)(H,61,78)(H,62,80)(H,63,79)(H,64,84)(H,65,85)(H,69,77)(H,70,81)(H,71,82)(H,72,87)(H,73,86)(H,74,88)/t40-,41-,42-,43-,44-,45-/m0/s1. The highest BCUT2D eigenvalue weighted by Crippen LogP contribution is 2.13. The van der Waals surface area contributed by atoms with Crippen molar-refractivity contribution >= 4 is 70.9 Å². The summed E-state index contributed by atoms with van der Waals surface area (Å²) in [4.78, 5) is 175. The highest BCUT2D eigenvalue weighted by Gasteiger charge is 2.31. The van der Waals surface area contributed by atoms with E-state index in [4.69, 9.17) is 5.73 Å². The van der Waals surface area contributed by atoms with Crippen LogP contribution in [0, 0.1) is 0 Å². The number of aromatic nitrogens is 6. The van der Waals surface area contributed by atoms with Gasteiger partial charge in [0.25, 0.3) is 0 Å². The molecule has 0 unspecified atom stereocenters. The quantitative estimate of drug-likeness (QED) is 0.0244. The maximum absolute atomic E-state index is 14.0. The number of hydrogen-bond acceptors (Lipinski definition) is 17. The zero-order valence-corrected chi connectivity index (χ0v) is 50.2. The molecule has 32 heteroatoms. The number of primary amides is 1. The summed E-state index contributed by atoms with van der Waals surface area (Å²) >= 11 is 0. The number of unbranched alkanes of at least 4 members (excludes halogenated alkanes) is 13. The highest BCUT2D eigenvalue weighted by atomic mass is 16.3. The minimum Gasteiger partial charge on any atom is -0.394 e. The predicted octanol–water partition coefficient (Wildman–Crippen LogP) is -3.49. The number of nitrogens with two attached hydrogens (primary N) is 1. The molecule has 12 amide bonds. The lowest BCUT2D eigenvalue weighted by atomic mass is 10.0. The fourth-order valence-corrected chi connectivity index (χ4v) is 8.86. The molecule has 0 bridgehead atoms. The van der Waals surface area contributed by atoms with E-state index in [0.717, 1.165) is 32.6 Å². The number of nitrogens with zero attached hydrogens (tertiary/aromatic N) is 3. The Morgan fingerprint density at radius 1 is 0.420 bits per heavy atom. The molecule has 0 saturated carbocycles. The first-order chi connectivity index (χ1) is 42.3. The molecule has 0 aliphatic rings. The molecular formula is C56H90N18O14. The van der Waals surface area contributed by atoms with Crippen LogP contribution in [-0.2, 0) is 76.8 Å². The molecule has 0 fully saturated rings. The Balaban J connectivity index is 1.57. The minimum absolute atomic E-state index is 0.00870. The summed E-state index contributed by atoms with van der Waals surface area (Å²) in [7, 11) is 0. The van der Waals surface area contributed by atoms with Gasteiger partial charge in [-0.25, -0.2) is 15.0 Å². The zero-order valence-electron chi connectivity index (χ0n) is 50.2. The Hall–Kier alpha value is -8.81. The summed E-state index contributed by atoms with van der Waals surface area (Å²) in [6.07, 6.45) is 24.4. The number of carbonyl (C=O) groups is 12. The van der Waals surface area contributed by atoms with E-state index in [0.29, 0.717) is 36.3 Å². The first-order valence-electron chi connectivity index (χ1n) is 29.9. The van der Waals surface area contributed by atoms with E-state index < -0.39 is 141 Å². The second kappa shape index (κ2) is 42.9. The fraction of sp³-hybridized carbons (Fsp3) is 0.625. The number of imidazole rings is 3. The van der Waals surface area contributed by atoms with Crippen LogP contribution >= 0.6 is 0 Å². The van der Waals surface area contributed by atoms with Crippen molar-refractivity contribution in [3.8, 4) is 0 Å². The molecule has 488 valence electrons. The van der Waals surface area contributed by atoms with Gasteiger partial charge in [-0.15, -0.1) is 0 Å². The maximum Gasteiger partial charge on any atom is 0.245 e. The van der Waals surface area contributed by atoms with Crippen LogP contribution < -0.4 is 64.2 Å². The first-order valence-corrected chi connectivity index (χ1v) is 29.9. The van der Waals surface area contributed by atoms with Crippen LogP contribution in [0.4, 0.5) is 0 Å². The predicted molar refractivity (Wildman–Crippen MR) is 317 cm³/mol. The molecule has 0 saturated heterocycles. The van der Waals surface area contributed by atoms with Crippen LogP contribution in [0.2, 0.25) is 0 Å². The molecule has 0 radical (unpaired) electrons. The maximum atomic E-state index is 14.0. The summed E-state index contributed by atoms with van der Waals surface area (Å²) in [6, 6.07) is -8.20. The lowest BCUT2D eigenvalue weighted by Gasteiger charge is -2.24. The third-order valence-electron chi connectivity index (χ3n) is 13.7. The summed E-state index contributed by atoms with van der Waals surface area (Å²) < 4.78 is 0. The van der Waals surface area contributed by atoms with Crippen LogP contribution in [0.3, 0.4) is 0 Å². The number of rotatable bonds is 47. The van der Waals surface area contributed by atoms with Crippen molar-refractivity contribution in [1.29, 1.82) is 0 Å². The van der Waals surface area contributed by atoms with Crippen molar-refractivity contribution < 1.29 is 67.7 Å². The van der Waals surface area contributed by atoms with Gasteiger partial charge >= 0.3 is 0 Å². The molecule has 32 nitrogen and oxygen atoms in total. The molecular weight excluding hydrogens is 1150 g/mol. The number of H-pyrrole nitrogens is 3. The normalized spacial score (nSPS) is 13.0. The van der Waals surface area contributed by atoms with Crippen molar-refractivity contribution in [1.82, 2.24) is 88.4 Å². The summed E-state index contributed by atoms with van der Waals surface area (Å²) in [5.74, 6) is -9.56. The smallest absolute Gasteiger partial charge is 0.245 e. The van der Waals surface area contributed by atoms with Crippen molar-refractivity contribution in [2.24, 2.45) is 5.73 Å². The van der Waals surface area contributed by atoms with Gasteiger partial charge in [-0.1, -0.05) is 84.0 Å². The van der Waals surface area contributed by atoms with Crippen LogP contribution in [-0.4, -0.2) is 193 Å². The Morgan fingerprint density at radius 3 is 1.25 bits per heavy atom. The van der Waals surface area contributed by atoms with Crippen molar-refractivity contribution in [3.05, 3.63) is 54.7 Å². The summed E-state index contributed by atoms with van der Waals surface area (Å²) in [5.41, 5.74) is 6.94. The topological polar surface area (TPSA) is 490 Å². The first kappa shape index (κ1) is 73.4. The molecule has 0 aromatic carbocycles. The van der Waals surface area contributed by atoms with Gasteiger partial charge in [-0.3, -0.25) is 57.5 Å². The molecule has 3 aromatic heterocycles. The number of hydrogen-bond donors (Lipinski definition) is 17. The minimum atomic E-state index is -1.59. The van der Waals surface area contributed by atoms with Gasteiger partial charge in [0.2, 0.25) is 70.9 Å². The number of aliphatic hydroxyl groups excluding tert-OH is 2. The largest absolute Gasteiger partial charge is 0.394 e. The lowest BCUT2D eigenvalue weighted by Crippen LogP contribution is -2.58. The highest BCUT2D eigenvalue weighted by molar-refractivity contribution is 5.97. The van der Waals surface area contributed by atoms with Gasteiger partial charge in [0, 0.05) is 74.8 Å². The third-order valence-corrected chi connectivity index (χ3v) is 13.7. The van der Waals surface area contributed by atoms with Gasteiger partial charge in [-0.2, -0.15) is 0 Å². The van der Waals surface area contributed by atoms with E-state index in [-0.39, 0.29) is 38.1 Å². The number of nitrogens with one attached hydrogen (secondary N) is 14. The Morgan fingerprint density at radius 2 is 0.807 bits per heavy atom. The molecule has 6 atom stereocenters. The van der Waals surface area contributed by atoms with Crippen LogP contribution in [0.25, 0.3) is 0 Å². The second-order valence-electron chi connectivity index (χ2n) is 21.1. The fourth-order valence-electron chi connectivity index (χ4n) is 8.86. The van der Waals surface area contributed by atoms with Crippen molar-refractivity contribution in [2.45, 2.75) is 179 Å². The van der Waals surface area contributed by atoms with Gasteiger partial charge in [-0.05, 0) is 25.7 Å². The van der Waals surface area contributed by atoms with Crippen molar-refractivity contribution in [2.75, 3.05) is 45.9 Å². The van der Waals surface area contributed by atoms with E-state index in [1.165, 1.54) is 95.4 Å². The second-order valence-corrected chi connectivity index (χ2v) is 21.1. The third kappa shape index (κ3) is 31.5. The van der Waals surface area contributed by atoms with Gasteiger partial charge in [0.15, 0.2) is 0 Å². The number of amides is 12. The molecule has 88 heavy (non-hydrogen) atoms. The molecule has 0 spiro atoms. The zero-order chi connectivity index (χ0) is 64.5. The average Bonchev–Trinajstić information content (AvgIpc) is 4.48. The Bertz CT molecular complexity index is 2620.